The first-order valence-corrected chi connectivity index (χ1v) is 13.5. The highest BCUT2D eigenvalue weighted by Crippen LogP contribution is 2.56. The molecular formula is C29H19BrClNO8. The molecule has 3 N–H and O–H groups in total. The normalized spacial score (nSPS) is 25.8. The van der Waals surface area contributed by atoms with Gasteiger partial charge in [0.2, 0.25) is 11.8 Å². The number of phenols is 2. The molecule has 3 aliphatic carbocycles. The molecule has 1 saturated heterocycles. The van der Waals surface area contributed by atoms with Gasteiger partial charge >= 0.3 is 5.97 Å². The van der Waals surface area contributed by atoms with Gasteiger partial charge in [0.25, 0.3) is 0 Å². The number of fused-ring (bicyclic) bond motifs is 3. The summed E-state index contributed by atoms with van der Waals surface area (Å²) >= 11 is 9.42. The summed E-state index contributed by atoms with van der Waals surface area (Å²) in [6.45, 7) is 0. The summed E-state index contributed by atoms with van der Waals surface area (Å²) in [5.74, 6) is -7.15. The Morgan fingerprint density at radius 2 is 1.73 bits per heavy atom. The Morgan fingerprint density at radius 3 is 2.42 bits per heavy atom. The fourth-order valence-corrected chi connectivity index (χ4v) is 7.04. The number of imide groups is 1. The zero-order chi connectivity index (χ0) is 28.6. The third-order valence-corrected chi connectivity index (χ3v) is 8.93. The Kier molecular flexibility index (Phi) is 6.08. The van der Waals surface area contributed by atoms with Crippen LogP contribution in [0.25, 0.3) is 0 Å². The van der Waals surface area contributed by atoms with Crippen molar-refractivity contribution in [2.45, 2.75) is 18.8 Å². The fourth-order valence-electron chi connectivity index (χ4n) is 6.41. The molecule has 0 aromatic heterocycles. The average Bonchev–Trinajstić information content (AvgIpc) is 3.17. The minimum Gasteiger partial charge on any atom is -0.508 e. The molecule has 2 amide bonds. The summed E-state index contributed by atoms with van der Waals surface area (Å²) in [6.07, 6.45) is 3.19. The average molecular weight is 625 g/mol. The van der Waals surface area contributed by atoms with Crippen LogP contribution in [0.1, 0.15) is 34.7 Å². The highest BCUT2D eigenvalue weighted by molar-refractivity contribution is 9.12. The molecule has 0 spiro atoms. The Balaban J connectivity index is 1.48. The topological polar surface area (TPSA) is 149 Å². The maximum Gasteiger partial charge on any atom is 0.339 e. The lowest BCUT2D eigenvalue weighted by atomic mass is 9.59. The summed E-state index contributed by atoms with van der Waals surface area (Å²) in [7, 11) is 0. The van der Waals surface area contributed by atoms with Gasteiger partial charge in [-0.15, -0.1) is 0 Å². The zero-order valence-electron chi connectivity index (χ0n) is 20.4. The number of phenolic OH excluding ortho intramolecular Hbond substituents is 1. The van der Waals surface area contributed by atoms with E-state index in [0.29, 0.717) is 16.2 Å². The quantitative estimate of drug-likeness (QED) is 0.258. The number of nitrogens with zero attached hydrogens (tertiary/aromatic N) is 1. The zero-order valence-corrected chi connectivity index (χ0v) is 22.8. The molecule has 9 nitrogen and oxygen atoms in total. The van der Waals surface area contributed by atoms with Gasteiger partial charge in [-0.05, 0) is 65.0 Å². The lowest BCUT2D eigenvalue weighted by molar-refractivity contribution is -0.123. The van der Waals surface area contributed by atoms with E-state index in [1.165, 1.54) is 30.3 Å². The van der Waals surface area contributed by atoms with Gasteiger partial charge in [-0.1, -0.05) is 23.3 Å². The molecule has 11 heteroatoms. The van der Waals surface area contributed by atoms with E-state index in [4.69, 9.17) is 11.6 Å². The van der Waals surface area contributed by atoms with Crippen molar-refractivity contribution >= 4 is 62.6 Å². The van der Waals surface area contributed by atoms with Crippen molar-refractivity contribution < 1.29 is 39.3 Å². The van der Waals surface area contributed by atoms with Crippen molar-refractivity contribution in [1.29, 1.82) is 0 Å². The van der Waals surface area contributed by atoms with Crippen LogP contribution < -0.4 is 4.90 Å². The number of aromatic hydroxyl groups is 2. The first-order chi connectivity index (χ1) is 19.0. The molecule has 0 saturated carbocycles. The smallest absolute Gasteiger partial charge is 0.339 e. The van der Waals surface area contributed by atoms with E-state index in [-0.39, 0.29) is 45.5 Å². The summed E-state index contributed by atoms with van der Waals surface area (Å²) in [6, 6.07) is 7.87. The number of amides is 2. The summed E-state index contributed by atoms with van der Waals surface area (Å²) in [5.41, 5.74) is 1.01. The Labute approximate surface area is 240 Å². The maximum absolute atomic E-state index is 13.9. The van der Waals surface area contributed by atoms with E-state index in [1.54, 1.807) is 6.08 Å². The summed E-state index contributed by atoms with van der Waals surface area (Å²) < 4.78 is 0.0783. The number of carbonyl (C=O) groups excluding carboxylic acids is 4. The van der Waals surface area contributed by atoms with E-state index in [0.717, 1.165) is 17.0 Å². The first-order valence-electron chi connectivity index (χ1n) is 12.3. The Hall–Kier alpha value is -4.02. The number of Topliss-reactive ketones (excluding diaryl/α,β-unsaturated/α-hetero) is 1. The van der Waals surface area contributed by atoms with Gasteiger partial charge in [0.1, 0.15) is 17.1 Å². The van der Waals surface area contributed by atoms with Gasteiger partial charge in [-0.2, -0.15) is 0 Å². The van der Waals surface area contributed by atoms with Crippen LogP contribution in [0.3, 0.4) is 0 Å². The van der Waals surface area contributed by atoms with Crippen molar-refractivity contribution in [3.05, 3.63) is 85.9 Å². The monoisotopic (exact) mass is 623 g/mol. The third-order valence-electron chi connectivity index (χ3n) is 8.10. The number of aromatic carboxylic acids is 1. The molecule has 4 unspecified atom stereocenters. The van der Waals surface area contributed by atoms with Crippen LogP contribution in [0, 0.1) is 17.8 Å². The van der Waals surface area contributed by atoms with Gasteiger partial charge < -0.3 is 15.3 Å². The van der Waals surface area contributed by atoms with Crippen LogP contribution in [0.15, 0.2) is 69.8 Å². The molecule has 1 aliphatic heterocycles. The molecule has 0 radical (unpaired) electrons. The van der Waals surface area contributed by atoms with Gasteiger partial charge in [0.15, 0.2) is 11.6 Å². The number of halogens is 2. The minimum atomic E-state index is -1.36. The molecule has 4 atom stereocenters. The van der Waals surface area contributed by atoms with E-state index >= 15 is 0 Å². The van der Waals surface area contributed by atoms with Crippen LogP contribution >= 0.6 is 27.5 Å². The number of hydrogen-bond acceptors (Lipinski definition) is 7. The van der Waals surface area contributed by atoms with Gasteiger partial charge in [0, 0.05) is 39.8 Å². The number of carboxylic acids is 1. The molecule has 6 rings (SSSR count). The number of carboxylic acid groups (broad SMARTS) is 1. The van der Waals surface area contributed by atoms with Gasteiger partial charge in [-0.25, -0.2) is 9.69 Å². The fraction of sp³-hybridized carbons (Fsp3) is 0.207. The highest BCUT2D eigenvalue weighted by Gasteiger charge is 2.57. The number of ketones is 2. The van der Waals surface area contributed by atoms with Crippen molar-refractivity contribution in [1.82, 2.24) is 0 Å². The Bertz CT molecular complexity index is 1690. The molecule has 0 bridgehead atoms. The van der Waals surface area contributed by atoms with Gasteiger partial charge in [0.05, 0.1) is 22.0 Å². The van der Waals surface area contributed by atoms with Crippen molar-refractivity contribution in [2.75, 3.05) is 4.90 Å². The van der Waals surface area contributed by atoms with E-state index in [2.05, 4.69) is 15.9 Å². The number of rotatable bonds is 3. The Morgan fingerprint density at radius 1 is 0.975 bits per heavy atom. The predicted molar refractivity (Wildman–Crippen MR) is 145 cm³/mol. The first kappa shape index (κ1) is 26.2. The van der Waals surface area contributed by atoms with Crippen LogP contribution in [0.5, 0.6) is 11.5 Å². The minimum absolute atomic E-state index is 0.0304. The molecule has 4 aliphatic rings. The number of hydrogen-bond donors (Lipinski definition) is 3. The number of benzene rings is 2. The SMILES string of the molecule is O=C1C=C(Br)C(=O)C2=C1C(c1cc(Cl)ccc1O)C1=CCC3C(=O)N(c4ccc(C(=O)O)c(O)c4)C(=O)C3C1C2. The van der Waals surface area contributed by atoms with Crippen LogP contribution in [0.4, 0.5) is 5.69 Å². The highest BCUT2D eigenvalue weighted by atomic mass is 79.9. The van der Waals surface area contributed by atoms with E-state index in [9.17, 15) is 39.3 Å². The molecule has 1 fully saturated rings. The van der Waals surface area contributed by atoms with Crippen molar-refractivity contribution in [3.63, 3.8) is 0 Å². The van der Waals surface area contributed by atoms with E-state index in [1.807, 2.05) is 0 Å². The molecule has 1 heterocycles. The largest absolute Gasteiger partial charge is 0.508 e. The number of anilines is 1. The van der Waals surface area contributed by atoms with Crippen molar-refractivity contribution in [2.24, 2.45) is 17.8 Å². The molecule has 2 aromatic rings. The molecule has 40 heavy (non-hydrogen) atoms. The lowest BCUT2D eigenvalue weighted by Gasteiger charge is -2.42. The third kappa shape index (κ3) is 3.77. The number of carbonyl (C=O) groups is 5. The van der Waals surface area contributed by atoms with Crippen LogP contribution in [-0.4, -0.2) is 44.7 Å². The summed E-state index contributed by atoms with van der Waals surface area (Å²) in [5, 5.41) is 30.5. The second-order valence-electron chi connectivity index (χ2n) is 10.1. The molecular weight excluding hydrogens is 606 g/mol. The van der Waals surface area contributed by atoms with E-state index < -0.39 is 58.8 Å². The predicted octanol–water partition coefficient (Wildman–Crippen LogP) is 4.42. The van der Waals surface area contributed by atoms with Crippen LogP contribution in [-0.2, 0) is 19.2 Å². The second kappa shape index (κ2) is 9.28. The number of allylic oxidation sites excluding steroid dienone is 6. The van der Waals surface area contributed by atoms with Crippen molar-refractivity contribution in [3.8, 4) is 11.5 Å². The molecule has 202 valence electrons. The molecule has 2 aromatic carbocycles. The maximum atomic E-state index is 13.9. The lowest BCUT2D eigenvalue weighted by Crippen LogP contribution is -2.39. The standard InChI is InChI=1S/C29H19BrClNO8/c30-19-10-22(35)25-18(26(19)36)9-16-13(23(25)17-7-11(31)1-6-20(17)33)4-5-15-24(16)28(38)32(27(15)37)12-2-3-14(29(39)40)21(34)8-12/h1-4,6-8,10,15-16,23-24,33-34H,5,9H2,(H,39,40). The summed E-state index contributed by atoms with van der Waals surface area (Å²) in [4.78, 5) is 66.2. The van der Waals surface area contributed by atoms with Gasteiger partial charge in [-0.3, -0.25) is 19.2 Å². The van der Waals surface area contributed by atoms with Crippen LogP contribution in [0.2, 0.25) is 5.02 Å². The second-order valence-corrected chi connectivity index (χ2v) is 11.4.